The molecule has 1 N–H and O–H groups in total. The summed E-state index contributed by atoms with van der Waals surface area (Å²) in [6, 6.07) is 3.33. The van der Waals surface area contributed by atoms with Crippen LogP contribution in [0.25, 0.3) is 0 Å². The van der Waals surface area contributed by atoms with Gasteiger partial charge in [0.2, 0.25) is 0 Å². The fourth-order valence-corrected chi connectivity index (χ4v) is 1.69. The van der Waals surface area contributed by atoms with Crippen molar-refractivity contribution >= 4 is 0 Å². The second-order valence-corrected chi connectivity index (χ2v) is 4.54. The molecule has 1 heterocycles. The smallest absolute Gasteiger partial charge is 0.141 e. The van der Waals surface area contributed by atoms with Gasteiger partial charge in [-0.15, -0.1) is 0 Å². The summed E-state index contributed by atoms with van der Waals surface area (Å²) in [6.45, 7) is 8.60. The van der Waals surface area contributed by atoms with Crippen LogP contribution in [0.2, 0.25) is 0 Å². The number of pyridine rings is 1. The first kappa shape index (κ1) is 13.1. The molecule has 0 amide bonds. The summed E-state index contributed by atoms with van der Waals surface area (Å²) in [4.78, 5) is 4.09. The minimum atomic E-state index is -0.287. The summed E-state index contributed by atoms with van der Waals surface area (Å²) in [5, 5.41) is 3.54. The predicted molar refractivity (Wildman–Crippen MR) is 64.7 cm³/mol. The molecule has 0 aliphatic rings. The largest absolute Gasteiger partial charge is 0.304 e. The van der Waals surface area contributed by atoms with Crippen molar-refractivity contribution < 1.29 is 4.39 Å². The number of nitrogens with one attached hydrogen (secondary N) is 1. The zero-order chi connectivity index (χ0) is 12.2. The summed E-state index contributed by atoms with van der Waals surface area (Å²) < 4.78 is 12.7. The Kier molecular flexibility index (Phi) is 4.42. The maximum atomic E-state index is 12.7. The SMILES string of the molecule is CCC(C)(CC)NC(C)c1ccc(F)cn1. The second-order valence-electron chi connectivity index (χ2n) is 4.54. The average Bonchev–Trinajstić information content (AvgIpc) is 2.29. The van der Waals surface area contributed by atoms with Gasteiger partial charge in [-0.05, 0) is 38.8 Å². The van der Waals surface area contributed by atoms with Crippen LogP contribution in [0.1, 0.15) is 52.3 Å². The highest BCUT2D eigenvalue weighted by atomic mass is 19.1. The molecule has 90 valence electrons. The van der Waals surface area contributed by atoms with E-state index < -0.39 is 0 Å². The van der Waals surface area contributed by atoms with Crippen LogP contribution >= 0.6 is 0 Å². The van der Waals surface area contributed by atoms with Gasteiger partial charge in [0.05, 0.1) is 11.9 Å². The molecule has 1 unspecified atom stereocenters. The molecule has 0 aliphatic heterocycles. The van der Waals surface area contributed by atoms with Crippen LogP contribution in [0, 0.1) is 5.82 Å². The molecule has 0 radical (unpaired) electrons. The minimum absolute atomic E-state index is 0.121. The van der Waals surface area contributed by atoms with Gasteiger partial charge >= 0.3 is 0 Å². The molecule has 0 aliphatic carbocycles. The van der Waals surface area contributed by atoms with E-state index in [1.165, 1.54) is 12.3 Å². The lowest BCUT2D eigenvalue weighted by atomic mass is 9.94. The lowest BCUT2D eigenvalue weighted by molar-refractivity contribution is 0.296. The Morgan fingerprint density at radius 1 is 1.38 bits per heavy atom. The molecule has 0 spiro atoms. The molecule has 1 aromatic heterocycles. The third-order valence-corrected chi connectivity index (χ3v) is 3.32. The molecule has 0 saturated heterocycles. The van der Waals surface area contributed by atoms with Gasteiger partial charge in [-0.2, -0.15) is 0 Å². The Morgan fingerprint density at radius 3 is 2.44 bits per heavy atom. The van der Waals surface area contributed by atoms with Gasteiger partial charge in [-0.1, -0.05) is 13.8 Å². The zero-order valence-electron chi connectivity index (χ0n) is 10.5. The summed E-state index contributed by atoms with van der Waals surface area (Å²) in [5.74, 6) is -0.287. The molecule has 1 atom stereocenters. The number of hydrogen-bond acceptors (Lipinski definition) is 2. The second kappa shape index (κ2) is 5.39. The minimum Gasteiger partial charge on any atom is -0.304 e. The molecular weight excluding hydrogens is 203 g/mol. The summed E-state index contributed by atoms with van der Waals surface area (Å²) in [6.07, 6.45) is 3.40. The quantitative estimate of drug-likeness (QED) is 0.828. The third kappa shape index (κ3) is 3.27. The maximum absolute atomic E-state index is 12.7. The monoisotopic (exact) mass is 224 g/mol. The lowest BCUT2D eigenvalue weighted by Crippen LogP contribution is -2.42. The number of aromatic nitrogens is 1. The summed E-state index contributed by atoms with van der Waals surface area (Å²) in [7, 11) is 0. The first-order chi connectivity index (χ1) is 7.50. The molecule has 0 bridgehead atoms. The van der Waals surface area contributed by atoms with Crippen LogP contribution in [0.5, 0.6) is 0 Å². The number of hydrogen-bond donors (Lipinski definition) is 1. The van der Waals surface area contributed by atoms with Gasteiger partial charge in [0, 0.05) is 11.6 Å². The number of nitrogens with zero attached hydrogens (tertiary/aromatic N) is 1. The molecule has 2 nitrogen and oxygen atoms in total. The highest BCUT2D eigenvalue weighted by Crippen LogP contribution is 2.20. The Labute approximate surface area is 97.3 Å². The van der Waals surface area contributed by atoms with Crippen molar-refractivity contribution in [3.05, 3.63) is 29.8 Å². The van der Waals surface area contributed by atoms with Crippen molar-refractivity contribution in [3.63, 3.8) is 0 Å². The average molecular weight is 224 g/mol. The van der Waals surface area contributed by atoms with Crippen molar-refractivity contribution in [2.45, 2.75) is 52.1 Å². The normalized spacial score (nSPS) is 13.8. The number of halogens is 1. The van der Waals surface area contributed by atoms with E-state index >= 15 is 0 Å². The van der Waals surface area contributed by atoms with E-state index in [0.29, 0.717) is 0 Å². The lowest BCUT2D eigenvalue weighted by Gasteiger charge is -2.32. The van der Waals surface area contributed by atoms with Gasteiger partial charge in [0.25, 0.3) is 0 Å². The van der Waals surface area contributed by atoms with Gasteiger partial charge in [0.15, 0.2) is 0 Å². The van der Waals surface area contributed by atoms with Crippen LogP contribution < -0.4 is 5.32 Å². The van der Waals surface area contributed by atoms with E-state index in [0.717, 1.165) is 18.5 Å². The molecular formula is C13H21FN2. The Bertz CT molecular complexity index is 317. The summed E-state index contributed by atoms with van der Waals surface area (Å²) >= 11 is 0. The zero-order valence-corrected chi connectivity index (χ0v) is 10.5. The third-order valence-electron chi connectivity index (χ3n) is 3.32. The fraction of sp³-hybridized carbons (Fsp3) is 0.615. The first-order valence-corrected chi connectivity index (χ1v) is 5.90. The molecule has 1 rings (SSSR count). The van der Waals surface area contributed by atoms with Gasteiger partial charge in [0.1, 0.15) is 5.82 Å². The summed E-state index contributed by atoms with van der Waals surface area (Å²) in [5.41, 5.74) is 1.00. The van der Waals surface area contributed by atoms with Crippen molar-refractivity contribution in [3.8, 4) is 0 Å². The van der Waals surface area contributed by atoms with Crippen molar-refractivity contribution in [1.29, 1.82) is 0 Å². The fourth-order valence-electron chi connectivity index (χ4n) is 1.69. The molecule has 0 aromatic carbocycles. The predicted octanol–water partition coefficient (Wildman–Crippen LogP) is 3.45. The van der Waals surface area contributed by atoms with E-state index in [2.05, 4.69) is 38.0 Å². The van der Waals surface area contributed by atoms with Crippen molar-refractivity contribution in [2.75, 3.05) is 0 Å². The molecule has 16 heavy (non-hydrogen) atoms. The maximum Gasteiger partial charge on any atom is 0.141 e. The van der Waals surface area contributed by atoms with Crippen molar-refractivity contribution in [2.24, 2.45) is 0 Å². The highest BCUT2D eigenvalue weighted by Gasteiger charge is 2.22. The van der Waals surface area contributed by atoms with Crippen LogP contribution in [0.3, 0.4) is 0 Å². The standard InChI is InChI=1S/C13H21FN2/c1-5-13(4,6-2)16-10(3)12-8-7-11(14)9-15-12/h7-10,16H,5-6H2,1-4H3. The van der Waals surface area contributed by atoms with Crippen LogP contribution in [0.15, 0.2) is 18.3 Å². The Balaban J connectivity index is 2.71. The highest BCUT2D eigenvalue weighted by molar-refractivity contribution is 5.09. The topological polar surface area (TPSA) is 24.9 Å². The van der Waals surface area contributed by atoms with Crippen LogP contribution in [-0.4, -0.2) is 10.5 Å². The molecule has 3 heteroatoms. The van der Waals surface area contributed by atoms with Crippen molar-refractivity contribution in [1.82, 2.24) is 10.3 Å². The van der Waals surface area contributed by atoms with E-state index in [-0.39, 0.29) is 17.4 Å². The van der Waals surface area contributed by atoms with Crippen LogP contribution in [-0.2, 0) is 0 Å². The molecule has 0 saturated carbocycles. The molecule has 1 aromatic rings. The number of rotatable bonds is 5. The van der Waals surface area contributed by atoms with Gasteiger partial charge in [-0.25, -0.2) is 4.39 Å². The van der Waals surface area contributed by atoms with E-state index in [9.17, 15) is 4.39 Å². The van der Waals surface area contributed by atoms with Gasteiger partial charge < -0.3 is 5.32 Å². The van der Waals surface area contributed by atoms with E-state index in [4.69, 9.17) is 0 Å². The van der Waals surface area contributed by atoms with Crippen LogP contribution in [0.4, 0.5) is 4.39 Å². The first-order valence-electron chi connectivity index (χ1n) is 5.90. The van der Waals surface area contributed by atoms with Gasteiger partial charge in [-0.3, -0.25) is 4.98 Å². The van der Waals surface area contributed by atoms with E-state index in [1.54, 1.807) is 6.07 Å². The Morgan fingerprint density at radius 2 is 2.00 bits per heavy atom. The molecule has 0 fully saturated rings. The van der Waals surface area contributed by atoms with E-state index in [1.807, 2.05) is 0 Å². The Hall–Kier alpha value is -0.960.